The van der Waals surface area contributed by atoms with Crippen LogP contribution in [0, 0.1) is 13.8 Å². The van der Waals surface area contributed by atoms with Crippen LogP contribution in [0.1, 0.15) is 49.9 Å². The number of hydrogen-bond donors (Lipinski definition) is 3. The lowest BCUT2D eigenvalue weighted by Gasteiger charge is -2.34. The molecule has 9 heteroatoms. The van der Waals surface area contributed by atoms with Crippen molar-refractivity contribution in [1.29, 1.82) is 0 Å². The number of aryl methyl sites for hydroxylation is 2. The third-order valence-electron chi connectivity index (χ3n) is 5.67. The summed E-state index contributed by atoms with van der Waals surface area (Å²) < 4.78 is 5.39. The van der Waals surface area contributed by atoms with Crippen molar-refractivity contribution < 1.29 is 24.2 Å². The largest absolute Gasteiger partial charge is 0.444 e. The Bertz CT molecular complexity index is 1070. The van der Waals surface area contributed by atoms with E-state index in [0.717, 1.165) is 11.1 Å². The summed E-state index contributed by atoms with van der Waals surface area (Å²) in [5.41, 5.74) is 2.23. The second-order valence-corrected chi connectivity index (χ2v) is 10.8. The van der Waals surface area contributed by atoms with Gasteiger partial charge in [-0.15, -0.1) is 0 Å². The minimum Gasteiger partial charge on any atom is -0.444 e. The number of carbonyl (C=O) groups is 3. The van der Waals surface area contributed by atoms with Crippen LogP contribution in [0.5, 0.6) is 0 Å². The Kier molecular flexibility index (Phi) is 11.5. The van der Waals surface area contributed by atoms with Gasteiger partial charge in [0.2, 0.25) is 5.91 Å². The molecule has 8 nitrogen and oxygen atoms in total. The van der Waals surface area contributed by atoms with E-state index in [1.165, 1.54) is 16.7 Å². The molecule has 0 fully saturated rings. The molecule has 2 rings (SSSR count). The van der Waals surface area contributed by atoms with E-state index in [2.05, 4.69) is 10.6 Å². The first-order valence-electron chi connectivity index (χ1n) is 12.3. The second kappa shape index (κ2) is 14.0. The Balaban J connectivity index is 2.49. The van der Waals surface area contributed by atoms with Crippen molar-refractivity contribution >= 4 is 35.4 Å². The van der Waals surface area contributed by atoms with E-state index in [0.29, 0.717) is 23.4 Å². The van der Waals surface area contributed by atoms with Gasteiger partial charge in [-0.25, -0.2) is 4.79 Å². The molecule has 0 radical (unpaired) electrons. The quantitative estimate of drug-likeness (QED) is 0.397. The number of carbonyl (C=O) groups excluding carboxylic acids is 3. The Morgan fingerprint density at radius 1 is 1.03 bits per heavy atom. The highest BCUT2D eigenvalue weighted by Gasteiger charge is 2.36. The maximum atomic E-state index is 13.9. The summed E-state index contributed by atoms with van der Waals surface area (Å²) in [5, 5.41) is 15.6. The first kappa shape index (κ1) is 30.2. The molecule has 2 aromatic rings. The maximum Gasteiger partial charge on any atom is 0.408 e. The molecule has 0 saturated carbocycles. The smallest absolute Gasteiger partial charge is 0.408 e. The lowest BCUT2D eigenvalue weighted by molar-refractivity contribution is -0.141. The van der Waals surface area contributed by atoms with Crippen LogP contribution in [-0.2, 0) is 14.3 Å². The van der Waals surface area contributed by atoms with Crippen molar-refractivity contribution in [2.45, 2.75) is 58.7 Å². The van der Waals surface area contributed by atoms with Crippen molar-refractivity contribution in [1.82, 2.24) is 10.2 Å². The highest BCUT2D eigenvalue weighted by molar-refractivity contribution is 7.98. The maximum absolute atomic E-state index is 13.9. The fraction of sp³-hybridized carbons (Fsp3) is 0.464. The standard InChI is InChI=1S/C28H39N3O5S/c1-19-11-7-9-13-21(19)24(25(33)29-22-14-10-8-12-20(22)2)31(16-17-32)26(34)23(15-18-37-6)30-27(35)36-28(3,4)5/h7-14,23-24,32H,15-18H2,1-6H3,(H,29,33)(H,30,35). The summed E-state index contributed by atoms with van der Waals surface area (Å²) >= 11 is 1.54. The number of para-hydroxylation sites is 1. The van der Waals surface area contributed by atoms with Gasteiger partial charge in [-0.2, -0.15) is 11.8 Å². The second-order valence-electron chi connectivity index (χ2n) is 9.80. The molecule has 3 amide bonds. The molecule has 37 heavy (non-hydrogen) atoms. The van der Waals surface area contributed by atoms with Gasteiger partial charge >= 0.3 is 6.09 Å². The molecule has 0 aliphatic rings. The van der Waals surface area contributed by atoms with Crippen LogP contribution in [0.3, 0.4) is 0 Å². The number of alkyl carbamates (subject to hydrolysis) is 1. The zero-order valence-electron chi connectivity index (χ0n) is 22.5. The third-order valence-corrected chi connectivity index (χ3v) is 6.31. The predicted octanol–water partition coefficient (Wildman–Crippen LogP) is 4.45. The molecule has 3 N–H and O–H groups in total. The van der Waals surface area contributed by atoms with Crippen LogP contribution in [0.4, 0.5) is 10.5 Å². The molecular formula is C28H39N3O5S. The van der Waals surface area contributed by atoms with E-state index in [-0.39, 0.29) is 13.2 Å². The lowest BCUT2D eigenvalue weighted by Crippen LogP contribution is -2.53. The van der Waals surface area contributed by atoms with Gasteiger partial charge < -0.3 is 25.4 Å². The number of aliphatic hydroxyl groups is 1. The summed E-state index contributed by atoms with van der Waals surface area (Å²) in [5.74, 6) is -0.280. The SMILES string of the molecule is CSCCC(NC(=O)OC(C)(C)C)C(=O)N(CCO)C(C(=O)Nc1ccccc1C)c1ccccc1C. The van der Waals surface area contributed by atoms with Gasteiger partial charge in [0.05, 0.1) is 6.61 Å². The average Bonchev–Trinajstić information content (AvgIpc) is 2.82. The number of hydrogen-bond acceptors (Lipinski definition) is 6. The number of thioether (sulfide) groups is 1. The first-order valence-corrected chi connectivity index (χ1v) is 13.7. The van der Waals surface area contributed by atoms with Gasteiger partial charge in [0.25, 0.3) is 5.91 Å². The molecule has 0 bridgehead atoms. The minimum absolute atomic E-state index is 0.0925. The van der Waals surface area contributed by atoms with Crippen molar-refractivity contribution in [3.63, 3.8) is 0 Å². The average molecular weight is 530 g/mol. The molecule has 0 saturated heterocycles. The molecule has 2 aromatic carbocycles. The Morgan fingerprint density at radius 3 is 2.22 bits per heavy atom. The number of ether oxygens (including phenoxy) is 1. The molecule has 202 valence electrons. The van der Waals surface area contributed by atoms with E-state index < -0.39 is 35.6 Å². The zero-order chi connectivity index (χ0) is 27.6. The molecule has 0 aromatic heterocycles. The Hall–Kier alpha value is -3.04. The molecule has 0 aliphatic carbocycles. The van der Waals surface area contributed by atoms with Gasteiger partial charge in [0.1, 0.15) is 17.7 Å². The molecule has 0 aliphatic heterocycles. The van der Waals surface area contributed by atoms with Crippen molar-refractivity contribution in [2.24, 2.45) is 0 Å². The highest BCUT2D eigenvalue weighted by atomic mass is 32.2. The van der Waals surface area contributed by atoms with E-state index >= 15 is 0 Å². The normalized spacial score (nSPS) is 12.8. The number of amides is 3. The number of nitrogens with zero attached hydrogens (tertiary/aromatic N) is 1. The van der Waals surface area contributed by atoms with Crippen LogP contribution < -0.4 is 10.6 Å². The van der Waals surface area contributed by atoms with E-state index in [4.69, 9.17) is 4.74 Å². The summed E-state index contributed by atoms with van der Waals surface area (Å²) in [4.78, 5) is 41.7. The van der Waals surface area contributed by atoms with E-state index in [9.17, 15) is 19.5 Å². The Morgan fingerprint density at radius 2 is 1.65 bits per heavy atom. The van der Waals surface area contributed by atoms with Gasteiger partial charge in [0, 0.05) is 12.2 Å². The van der Waals surface area contributed by atoms with Crippen LogP contribution in [0.25, 0.3) is 0 Å². The number of aliphatic hydroxyl groups excluding tert-OH is 1. The van der Waals surface area contributed by atoms with E-state index in [1.807, 2.05) is 56.5 Å². The van der Waals surface area contributed by atoms with Crippen molar-refractivity contribution in [3.8, 4) is 0 Å². The molecule has 0 heterocycles. The van der Waals surface area contributed by atoms with Gasteiger partial charge in [-0.05, 0) is 75.8 Å². The molecular weight excluding hydrogens is 490 g/mol. The number of nitrogens with one attached hydrogen (secondary N) is 2. The fourth-order valence-corrected chi connectivity index (χ4v) is 4.35. The summed E-state index contributed by atoms with van der Waals surface area (Å²) in [6.07, 6.45) is 1.53. The summed E-state index contributed by atoms with van der Waals surface area (Å²) in [6, 6.07) is 12.8. The van der Waals surface area contributed by atoms with Crippen molar-refractivity contribution in [2.75, 3.05) is 30.5 Å². The van der Waals surface area contributed by atoms with Gasteiger partial charge in [0.15, 0.2) is 0 Å². The van der Waals surface area contributed by atoms with Gasteiger partial charge in [-0.1, -0.05) is 42.5 Å². The van der Waals surface area contributed by atoms with Crippen LogP contribution in [0.15, 0.2) is 48.5 Å². The number of rotatable bonds is 11. The van der Waals surface area contributed by atoms with Gasteiger partial charge in [-0.3, -0.25) is 9.59 Å². The van der Waals surface area contributed by atoms with Crippen LogP contribution >= 0.6 is 11.8 Å². The highest BCUT2D eigenvalue weighted by Crippen LogP contribution is 2.28. The minimum atomic E-state index is -1.03. The number of anilines is 1. The molecule has 2 atom stereocenters. The predicted molar refractivity (Wildman–Crippen MR) is 149 cm³/mol. The lowest BCUT2D eigenvalue weighted by atomic mass is 9.97. The monoisotopic (exact) mass is 529 g/mol. The molecule has 0 spiro atoms. The Labute approximate surface area is 224 Å². The molecule has 2 unspecified atom stereocenters. The van der Waals surface area contributed by atoms with Crippen LogP contribution in [-0.4, -0.2) is 64.7 Å². The summed E-state index contributed by atoms with van der Waals surface area (Å²) in [7, 11) is 0. The zero-order valence-corrected chi connectivity index (χ0v) is 23.4. The third kappa shape index (κ3) is 9.09. The fourth-order valence-electron chi connectivity index (χ4n) is 3.88. The summed E-state index contributed by atoms with van der Waals surface area (Å²) in [6.45, 7) is 8.54. The topological polar surface area (TPSA) is 108 Å². The number of benzene rings is 2. The van der Waals surface area contributed by atoms with Crippen molar-refractivity contribution in [3.05, 3.63) is 65.2 Å². The van der Waals surface area contributed by atoms with E-state index in [1.54, 1.807) is 32.9 Å². The first-order chi connectivity index (χ1) is 17.5. The van der Waals surface area contributed by atoms with Crippen LogP contribution in [0.2, 0.25) is 0 Å².